The van der Waals surface area contributed by atoms with Gasteiger partial charge >= 0.3 is 0 Å². The van der Waals surface area contributed by atoms with E-state index < -0.39 is 17.9 Å². The molecule has 7 atom stereocenters. The smallest absolute Gasteiger partial charge is 0.0606 e. The standard InChI is InChI=1S/C19H30O2/c1-18-9-7-13(20)11-12(18)3-4-14-15-5-6-17(21)19(15,2)10-8-16(14)18/h3,13-17,20-21H,4-11H2,1-2H3/t13-,14?,15-,16-,17-,18-,19-/m0/s1/i6D2,17D. The molecule has 4 aliphatic rings. The van der Waals surface area contributed by atoms with E-state index in [1.165, 1.54) is 5.57 Å². The van der Waals surface area contributed by atoms with Crippen molar-refractivity contribution in [3.8, 4) is 0 Å². The monoisotopic (exact) mass is 293 g/mol. The first-order valence-electron chi connectivity index (χ1n) is 10.1. The van der Waals surface area contributed by atoms with Gasteiger partial charge < -0.3 is 10.2 Å². The molecule has 3 fully saturated rings. The summed E-state index contributed by atoms with van der Waals surface area (Å²) >= 11 is 0. The molecule has 0 aromatic rings. The van der Waals surface area contributed by atoms with E-state index in [9.17, 15) is 10.2 Å². The van der Waals surface area contributed by atoms with E-state index in [2.05, 4.69) is 13.0 Å². The predicted octanol–water partition coefficient (Wildman–Crippen LogP) is 3.67. The Morgan fingerprint density at radius 2 is 2.00 bits per heavy atom. The Kier molecular flexibility index (Phi) is 2.45. The van der Waals surface area contributed by atoms with Crippen LogP contribution in [0.2, 0.25) is 0 Å². The van der Waals surface area contributed by atoms with Crippen LogP contribution in [0.1, 0.15) is 69.3 Å². The topological polar surface area (TPSA) is 40.5 Å². The molecule has 0 aromatic carbocycles. The zero-order valence-electron chi connectivity index (χ0n) is 16.2. The van der Waals surface area contributed by atoms with Gasteiger partial charge in [0.1, 0.15) is 0 Å². The third-order valence-electron chi connectivity index (χ3n) is 7.50. The second-order valence-corrected chi connectivity index (χ2v) is 8.34. The van der Waals surface area contributed by atoms with Crippen LogP contribution in [0, 0.1) is 28.6 Å². The van der Waals surface area contributed by atoms with Crippen molar-refractivity contribution in [3.63, 3.8) is 0 Å². The van der Waals surface area contributed by atoms with Gasteiger partial charge in [-0.15, -0.1) is 0 Å². The Hall–Kier alpha value is -0.340. The van der Waals surface area contributed by atoms with Crippen LogP contribution in [0.3, 0.4) is 0 Å². The van der Waals surface area contributed by atoms with Gasteiger partial charge in [0.25, 0.3) is 0 Å². The summed E-state index contributed by atoms with van der Waals surface area (Å²) in [6.07, 6.45) is 3.78. The van der Waals surface area contributed by atoms with Crippen molar-refractivity contribution < 1.29 is 14.3 Å². The minimum absolute atomic E-state index is 0.0650. The van der Waals surface area contributed by atoms with Gasteiger partial charge in [-0.2, -0.15) is 0 Å². The summed E-state index contributed by atoms with van der Waals surface area (Å²) in [7, 11) is 0. The number of hydrogen-bond acceptors (Lipinski definition) is 2. The lowest BCUT2D eigenvalue weighted by Crippen LogP contribution is -2.51. The first-order chi connectivity index (χ1) is 11.0. The molecule has 0 radical (unpaired) electrons. The molecule has 118 valence electrons. The number of allylic oxidation sites excluding steroid dienone is 1. The van der Waals surface area contributed by atoms with Crippen LogP contribution in [0.5, 0.6) is 0 Å². The van der Waals surface area contributed by atoms with Gasteiger partial charge in [0.15, 0.2) is 0 Å². The van der Waals surface area contributed by atoms with Gasteiger partial charge in [0.2, 0.25) is 0 Å². The highest BCUT2D eigenvalue weighted by molar-refractivity contribution is 5.25. The summed E-state index contributed by atoms with van der Waals surface area (Å²) in [6, 6.07) is 0. The van der Waals surface area contributed by atoms with E-state index in [4.69, 9.17) is 4.11 Å². The minimum atomic E-state index is -2.00. The first-order valence-corrected chi connectivity index (χ1v) is 8.63. The molecule has 0 aliphatic heterocycles. The second-order valence-electron chi connectivity index (χ2n) is 8.34. The molecule has 1 unspecified atom stereocenters. The Bertz CT molecular complexity index is 587. The van der Waals surface area contributed by atoms with Crippen molar-refractivity contribution in [2.75, 3.05) is 0 Å². The number of aliphatic hydroxyl groups excluding tert-OH is 1. The zero-order valence-corrected chi connectivity index (χ0v) is 13.2. The lowest BCUT2D eigenvalue weighted by molar-refractivity contribution is -0.0711. The normalized spacial score (nSPS) is 64.2. The van der Waals surface area contributed by atoms with Crippen molar-refractivity contribution >= 4 is 0 Å². The lowest BCUT2D eigenvalue weighted by atomic mass is 9.48. The van der Waals surface area contributed by atoms with E-state index in [0.29, 0.717) is 18.3 Å². The molecule has 0 spiro atoms. The molecule has 0 aromatic heterocycles. The van der Waals surface area contributed by atoms with E-state index >= 15 is 0 Å². The highest BCUT2D eigenvalue weighted by atomic mass is 16.3. The van der Waals surface area contributed by atoms with Crippen LogP contribution in [0.4, 0.5) is 0 Å². The molecule has 3 saturated carbocycles. The molecule has 0 saturated heterocycles. The molecule has 4 rings (SSSR count). The maximum Gasteiger partial charge on any atom is 0.0606 e. The largest absolute Gasteiger partial charge is 0.393 e. The summed E-state index contributed by atoms with van der Waals surface area (Å²) in [5, 5.41) is 20.8. The summed E-state index contributed by atoms with van der Waals surface area (Å²) in [6.45, 7) is 4.28. The predicted molar refractivity (Wildman–Crippen MR) is 83.7 cm³/mol. The number of hydrogen-bond donors (Lipinski definition) is 2. The molecule has 0 bridgehead atoms. The number of fused-ring (bicyclic) bond motifs is 5. The highest BCUT2D eigenvalue weighted by Crippen LogP contribution is 2.64. The first kappa shape index (κ1) is 11.2. The molecular weight excluding hydrogens is 260 g/mol. The second kappa shape index (κ2) is 4.58. The molecule has 2 N–H and O–H groups in total. The molecule has 2 heteroatoms. The Morgan fingerprint density at radius 3 is 2.81 bits per heavy atom. The minimum Gasteiger partial charge on any atom is -0.393 e. The molecule has 0 heterocycles. The molecule has 2 nitrogen and oxygen atoms in total. The summed E-state index contributed by atoms with van der Waals surface area (Å²) in [5.41, 5.74) is 0.847. The van der Waals surface area contributed by atoms with Crippen molar-refractivity contribution in [1.29, 1.82) is 0 Å². The third-order valence-corrected chi connectivity index (χ3v) is 7.50. The van der Waals surface area contributed by atoms with E-state index in [1.54, 1.807) is 0 Å². The van der Waals surface area contributed by atoms with Crippen molar-refractivity contribution in [3.05, 3.63) is 11.6 Å². The average Bonchev–Trinajstić information content (AvgIpc) is 2.64. The van der Waals surface area contributed by atoms with Gasteiger partial charge in [-0.3, -0.25) is 0 Å². The van der Waals surface area contributed by atoms with Gasteiger partial charge in [0, 0.05) is 2.74 Å². The van der Waals surface area contributed by atoms with Crippen LogP contribution in [0.25, 0.3) is 0 Å². The maximum atomic E-state index is 10.7. The maximum absolute atomic E-state index is 10.7. The van der Waals surface area contributed by atoms with Gasteiger partial charge in [-0.25, -0.2) is 0 Å². The van der Waals surface area contributed by atoms with Crippen molar-refractivity contribution in [2.24, 2.45) is 28.6 Å². The number of aliphatic hydroxyl groups is 2. The van der Waals surface area contributed by atoms with Crippen LogP contribution in [-0.2, 0) is 0 Å². The van der Waals surface area contributed by atoms with Gasteiger partial charge in [0.05, 0.1) is 13.6 Å². The zero-order chi connectivity index (χ0) is 17.5. The quantitative estimate of drug-likeness (QED) is 0.669. The fraction of sp³-hybridized carbons (Fsp3) is 0.895. The van der Waals surface area contributed by atoms with Gasteiger partial charge in [-0.05, 0) is 79.9 Å². The summed E-state index contributed by atoms with van der Waals surface area (Å²) in [5.74, 6) is 0.908. The van der Waals surface area contributed by atoms with Crippen LogP contribution in [-0.4, -0.2) is 22.4 Å². The summed E-state index contributed by atoms with van der Waals surface area (Å²) in [4.78, 5) is 0. The van der Waals surface area contributed by atoms with E-state index in [0.717, 1.165) is 38.5 Å². The SMILES string of the molecule is [2H]C1([2H])C[C@H]2C3CC=C4C[C@@H](O)CC[C@]4(C)[C@H]3CC[C@]2(C)[C@@]1([2H])O. The fourth-order valence-electron chi connectivity index (χ4n) is 6.04. The average molecular weight is 293 g/mol. The molecular formula is C19H30O2. The third kappa shape index (κ3) is 1.84. The molecule has 0 amide bonds. The lowest BCUT2D eigenvalue weighted by Gasteiger charge is -2.57. The fourth-order valence-corrected chi connectivity index (χ4v) is 6.04. The van der Waals surface area contributed by atoms with Crippen LogP contribution < -0.4 is 0 Å². The van der Waals surface area contributed by atoms with E-state index in [1.807, 2.05) is 6.92 Å². The van der Waals surface area contributed by atoms with Crippen molar-refractivity contribution in [2.45, 2.75) is 77.4 Å². The Morgan fingerprint density at radius 1 is 1.19 bits per heavy atom. The van der Waals surface area contributed by atoms with E-state index in [-0.39, 0.29) is 17.4 Å². The van der Waals surface area contributed by atoms with Crippen LogP contribution >= 0.6 is 0 Å². The Balaban J connectivity index is 1.72. The van der Waals surface area contributed by atoms with Crippen LogP contribution in [0.15, 0.2) is 11.6 Å². The summed E-state index contributed by atoms with van der Waals surface area (Å²) < 4.78 is 24.9. The van der Waals surface area contributed by atoms with Gasteiger partial charge in [-0.1, -0.05) is 25.5 Å². The molecule has 4 aliphatic carbocycles. The highest BCUT2D eigenvalue weighted by Gasteiger charge is 2.58. The number of rotatable bonds is 0. The van der Waals surface area contributed by atoms with Crippen molar-refractivity contribution in [1.82, 2.24) is 0 Å². The molecule has 21 heavy (non-hydrogen) atoms. The Labute approximate surface area is 132 Å².